The van der Waals surface area contributed by atoms with E-state index in [0.29, 0.717) is 43.1 Å². The third kappa shape index (κ3) is 5.64. The van der Waals surface area contributed by atoms with Crippen LogP contribution in [-0.4, -0.2) is 60.4 Å². The molecule has 2 amide bonds. The van der Waals surface area contributed by atoms with Gasteiger partial charge in [0, 0.05) is 48.9 Å². The fraction of sp³-hybridized carbons (Fsp3) is 0.250. The highest BCUT2D eigenvalue weighted by Crippen LogP contribution is 2.30. The fourth-order valence-electron chi connectivity index (χ4n) is 4.42. The molecular weight excluding hydrogens is 488 g/mol. The lowest BCUT2D eigenvalue weighted by Crippen LogP contribution is -2.49. The van der Waals surface area contributed by atoms with Crippen molar-refractivity contribution in [2.45, 2.75) is 13.8 Å². The fourth-order valence-corrected chi connectivity index (χ4v) is 4.42. The van der Waals surface area contributed by atoms with Crippen LogP contribution in [0.25, 0.3) is 0 Å². The van der Waals surface area contributed by atoms with Crippen molar-refractivity contribution >= 4 is 34.8 Å². The molecule has 10 nitrogen and oxygen atoms in total. The lowest BCUT2D eigenvalue weighted by molar-refractivity contribution is -0.385. The van der Waals surface area contributed by atoms with E-state index < -0.39 is 16.8 Å². The number of anilines is 2. The molecule has 4 rings (SSSR count). The van der Waals surface area contributed by atoms with Gasteiger partial charge >= 0.3 is 5.97 Å². The zero-order chi connectivity index (χ0) is 27.2. The monoisotopic (exact) mass is 516 g/mol. The molecule has 1 N–H and O–H groups in total. The minimum absolute atomic E-state index is 0.0439. The summed E-state index contributed by atoms with van der Waals surface area (Å²) in [7, 11) is 0. The highest BCUT2D eigenvalue weighted by atomic mass is 16.6. The van der Waals surface area contributed by atoms with E-state index in [0.717, 1.165) is 0 Å². The molecule has 1 aliphatic heterocycles. The van der Waals surface area contributed by atoms with Crippen LogP contribution < -0.4 is 10.2 Å². The number of piperazine rings is 1. The molecule has 196 valence electrons. The van der Waals surface area contributed by atoms with Crippen LogP contribution in [-0.2, 0) is 4.74 Å². The number of hydrogen-bond acceptors (Lipinski definition) is 7. The van der Waals surface area contributed by atoms with E-state index in [1.165, 1.54) is 25.1 Å². The number of nitro groups is 1. The molecule has 0 bridgehead atoms. The number of hydrogen-bond donors (Lipinski definition) is 1. The number of nitrogens with zero attached hydrogens (tertiary/aromatic N) is 3. The molecule has 0 atom stereocenters. The first-order chi connectivity index (χ1) is 18.3. The van der Waals surface area contributed by atoms with E-state index in [2.05, 4.69) is 5.32 Å². The summed E-state index contributed by atoms with van der Waals surface area (Å²) in [5.74, 6) is -1.11. The minimum Gasteiger partial charge on any atom is -0.462 e. The molecule has 1 heterocycles. The Labute approximate surface area is 220 Å². The lowest BCUT2D eigenvalue weighted by atomic mass is 10.1. The van der Waals surface area contributed by atoms with Gasteiger partial charge in [-0.3, -0.25) is 19.7 Å². The van der Waals surface area contributed by atoms with Crippen LogP contribution in [0.5, 0.6) is 0 Å². The average molecular weight is 517 g/mol. The SMILES string of the molecule is CCOC(=O)c1ccc(N2CCN(C(=O)c3ccccc3)CC2)c(NC(=O)c2cccc([N+](=O)[O-])c2C)c1. The number of carbonyl (C=O) groups excluding carboxylic acids is 3. The van der Waals surface area contributed by atoms with E-state index in [1.54, 1.807) is 42.2 Å². The van der Waals surface area contributed by atoms with E-state index in [1.807, 2.05) is 23.1 Å². The second-order valence-corrected chi connectivity index (χ2v) is 8.76. The topological polar surface area (TPSA) is 122 Å². The van der Waals surface area contributed by atoms with Gasteiger partial charge < -0.3 is 19.9 Å². The molecule has 10 heteroatoms. The van der Waals surface area contributed by atoms with Crippen LogP contribution >= 0.6 is 0 Å². The van der Waals surface area contributed by atoms with Gasteiger partial charge in [-0.15, -0.1) is 0 Å². The van der Waals surface area contributed by atoms with Crippen LogP contribution in [0.1, 0.15) is 43.6 Å². The zero-order valence-corrected chi connectivity index (χ0v) is 21.2. The Balaban J connectivity index is 1.59. The maximum atomic E-state index is 13.2. The van der Waals surface area contributed by atoms with Crippen molar-refractivity contribution < 1.29 is 24.0 Å². The van der Waals surface area contributed by atoms with Crippen molar-refractivity contribution in [3.63, 3.8) is 0 Å². The first kappa shape index (κ1) is 26.3. The summed E-state index contributed by atoms with van der Waals surface area (Å²) in [6.07, 6.45) is 0. The summed E-state index contributed by atoms with van der Waals surface area (Å²) in [5.41, 5.74) is 2.17. The van der Waals surface area contributed by atoms with Gasteiger partial charge in [-0.25, -0.2) is 4.79 Å². The van der Waals surface area contributed by atoms with Crippen molar-refractivity contribution in [3.05, 3.63) is 99.1 Å². The van der Waals surface area contributed by atoms with Crippen LogP contribution in [0.15, 0.2) is 66.7 Å². The van der Waals surface area contributed by atoms with E-state index >= 15 is 0 Å². The Morgan fingerprint density at radius 2 is 1.66 bits per heavy atom. The highest BCUT2D eigenvalue weighted by Gasteiger charge is 2.25. The number of nitrogens with one attached hydrogen (secondary N) is 1. The predicted octanol–water partition coefficient (Wildman–Crippen LogP) is 4.29. The van der Waals surface area contributed by atoms with Crippen molar-refractivity contribution in [1.29, 1.82) is 0 Å². The second kappa shape index (κ2) is 11.5. The van der Waals surface area contributed by atoms with Gasteiger partial charge in [-0.1, -0.05) is 24.3 Å². The van der Waals surface area contributed by atoms with Crippen molar-refractivity contribution in [2.75, 3.05) is 43.0 Å². The molecule has 0 unspecified atom stereocenters. The molecule has 3 aromatic carbocycles. The second-order valence-electron chi connectivity index (χ2n) is 8.76. The van der Waals surface area contributed by atoms with Gasteiger partial charge in [0.15, 0.2) is 0 Å². The summed E-state index contributed by atoms with van der Waals surface area (Å²) in [5, 5.41) is 14.2. The molecule has 3 aromatic rings. The first-order valence-electron chi connectivity index (χ1n) is 12.3. The number of esters is 1. The molecule has 0 radical (unpaired) electrons. The van der Waals surface area contributed by atoms with Gasteiger partial charge in [0.1, 0.15) is 0 Å². The molecule has 38 heavy (non-hydrogen) atoms. The van der Waals surface area contributed by atoms with Gasteiger partial charge in [0.05, 0.1) is 28.5 Å². The Morgan fingerprint density at radius 1 is 0.947 bits per heavy atom. The van der Waals surface area contributed by atoms with Crippen LogP contribution in [0, 0.1) is 17.0 Å². The molecule has 1 aliphatic rings. The quantitative estimate of drug-likeness (QED) is 0.282. The number of benzene rings is 3. The van der Waals surface area contributed by atoms with Crippen molar-refractivity contribution in [2.24, 2.45) is 0 Å². The third-order valence-corrected chi connectivity index (χ3v) is 6.43. The molecule has 0 aliphatic carbocycles. The average Bonchev–Trinajstić information content (AvgIpc) is 2.93. The zero-order valence-electron chi connectivity index (χ0n) is 21.2. The summed E-state index contributed by atoms with van der Waals surface area (Å²) >= 11 is 0. The predicted molar refractivity (Wildman–Crippen MR) is 143 cm³/mol. The standard InChI is InChI=1S/C28H28N4O6/c1-3-38-28(35)21-12-13-25(30-14-16-31(17-15-30)27(34)20-8-5-4-6-9-20)23(18-21)29-26(33)22-10-7-11-24(19(22)2)32(36)37/h4-13,18H,3,14-17H2,1-2H3,(H,29,33). The smallest absolute Gasteiger partial charge is 0.338 e. The molecule has 0 aromatic heterocycles. The van der Waals surface area contributed by atoms with Crippen molar-refractivity contribution in [1.82, 2.24) is 4.90 Å². The largest absolute Gasteiger partial charge is 0.462 e. The normalized spacial score (nSPS) is 13.1. The Kier molecular flexibility index (Phi) is 8.00. The van der Waals surface area contributed by atoms with E-state index in [4.69, 9.17) is 4.74 Å². The number of carbonyl (C=O) groups is 3. The van der Waals surface area contributed by atoms with E-state index in [9.17, 15) is 24.5 Å². The summed E-state index contributed by atoms with van der Waals surface area (Å²) in [6, 6.07) is 18.3. The summed E-state index contributed by atoms with van der Waals surface area (Å²) < 4.78 is 5.12. The minimum atomic E-state index is -0.536. The lowest BCUT2D eigenvalue weighted by Gasteiger charge is -2.37. The van der Waals surface area contributed by atoms with E-state index in [-0.39, 0.29) is 34.9 Å². The number of nitro benzene ring substituents is 1. The maximum absolute atomic E-state index is 13.2. The number of rotatable bonds is 7. The van der Waals surface area contributed by atoms with Crippen LogP contribution in [0.4, 0.5) is 17.1 Å². The van der Waals surface area contributed by atoms with Gasteiger partial charge in [-0.2, -0.15) is 0 Å². The Hall–Kier alpha value is -4.73. The number of ether oxygens (including phenoxy) is 1. The Morgan fingerprint density at radius 3 is 2.32 bits per heavy atom. The first-order valence-corrected chi connectivity index (χ1v) is 12.3. The van der Waals surface area contributed by atoms with Gasteiger partial charge in [-0.05, 0) is 50.2 Å². The number of amides is 2. The maximum Gasteiger partial charge on any atom is 0.338 e. The van der Waals surface area contributed by atoms with Crippen LogP contribution in [0.2, 0.25) is 0 Å². The highest BCUT2D eigenvalue weighted by molar-refractivity contribution is 6.08. The van der Waals surface area contributed by atoms with Gasteiger partial charge in [0.2, 0.25) is 0 Å². The van der Waals surface area contributed by atoms with Gasteiger partial charge in [0.25, 0.3) is 17.5 Å². The Bertz CT molecular complexity index is 1370. The molecule has 1 fully saturated rings. The van der Waals surface area contributed by atoms with Crippen molar-refractivity contribution in [3.8, 4) is 0 Å². The summed E-state index contributed by atoms with van der Waals surface area (Å²) in [4.78, 5) is 53.1. The molecular formula is C28H28N4O6. The molecule has 1 saturated heterocycles. The summed E-state index contributed by atoms with van der Waals surface area (Å²) in [6.45, 7) is 5.40. The molecule has 0 saturated carbocycles. The molecule has 0 spiro atoms. The van der Waals surface area contributed by atoms with Crippen LogP contribution in [0.3, 0.4) is 0 Å². The third-order valence-electron chi connectivity index (χ3n) is 6.43.